The highest BCUT2D eigenvalue weighted by Gasteiger charge is 2.31. The molecule has 0 bridgehead atoms. The van der Waals surface area contributed by atoms with E-state index in [2.05, 4.69) is 13.8 Å². The number of nitrogens with two attached hydrogens (primary N) is 1. The zero-order chi connectivity index (χ0) is 17.3. The molecule has 0 radical (unpaired) electrons. The number of furan rings is 1. The zero-order valence-corrected chi connectivity index (χ0v) is 14.4. The van der Waals surface area contributed by atoms with Crippen LogP contribution in [0.25, 0.3) is 11.3 Å². The minimum atomic E-state index is -0.0481. The van der Waals surface area contributed by atoms with E-state index < -0.39 is 0 Å². The van der Waals surface area contributed by atoms with Gasteiger partial charge in [-0.25, -0.2) is 0 Å². The number of likely N-dealkylation sites (tertiary alicyclic amines) is 1. The number of hydrogen-bond acceptors (Lipinski definition) is 4. The molecule has 1 aromatic carbocycles. The van der Waals surface area contributed by atoms with Crippen molar-refractivity contribution in [2.24, 2.45) is 0 Å². The smallest absolute Gasteiger partial charge is 0.290 e. The van der Waals surface area contributed by atoms with E-state index in [0.717, 1.165) is 24.8 Å². The quantitative estimate of drug-likeness (QED) is 0.867. The van der Waals surface area contributed by atoms with Crippen molar-refractivity contribution in [3.8, 4) is 17.1 Å². The van der Waals surface area contributed by atoms with Gasteiger partial charge in [-0.3, -0.25) is 4.79 Å². The van der Waals surface area contributed by atoms with E-state index >= 15 is 0 Å². The van der Waals surface area contributed by atoms with Gasteiger partial charge in [0, 0.05) is 29.4 Å². The summed E-state index contributed by atoms with van der Waals surface area (Å²) in [5.41, 5.74) is 7.38. The van der Waals surface area contributed by atoms with Gasteiger partial charge >= 0.3 is 0 Å². The number of amides is 1. The van der Waals surface area contributed by atoms with Crippen molar-refractivity contribution in [2.75, 3.05) is 12.8 Å². The molecule has 5 heteroatoms. The van der Waals surface area contributed by atoms with Crippen molar-refractivity contribution in [1.29, 1.82) is 0 Å². The van der Waals surface area contributed by atoms with Crippen molar-refractivity contribution in [2.45, 2.75) is 45.2 Å². The molecule has 0 saturated carbocycles. The monoisotopic (exact) mass is 328 g/mol. The van der Waals surface area contributed by atoms with Crippen LogP contribution in [0.15, 0.2) is 34.7 Å². The topological polar surface area (TPSA) is 68.7 Å². The number of rotatable bonds is 3. The van der Waals surface area contributed by atoms with E-state index in [1.54, 1.807) is 25.3 Å². The molecule has 1 aliphatic heterocycles. The molecule has 1 saturated heterocycles. The van der Waals surface area contributed by atoms with Gasteiger partial charge in [-0.15, -0.1) is 0 Å². The van der Waals surface area contributed by atoms with Crippen molar-refractivity contribution in [3.63, 3.8) is 0 Å². The molecular formula is C19H24N2O3. The fourth-order valence-corrected chi connectivity index (χ4v) is 3.44. The van der Waals surface area contributed by atoms with Crippen LogP contribution in [0, 0.1) is 0 Å². The van der Waals surface area contributed by atoms with E-state index in [1.165, 1.54) is 0 Å². The average molecular weight is 328 g/mol. The van der Waals surface area contributed by atoms with Gasteiger partial charge in [0.25, 0.3) is 5.91 Å². The van der Waals surface area contributed by atoms with Crippen LogP contribution in [-0.2, 0) is 0 Å². The SMILES string of the molecule is COc1ccc(-c2ccc(C(=O)N3[C@@H](C)CCC[C@@H]3C)o2)c(N)c1. The standard InChI is InChI=1S/C19H24N2O3/c1-12-5-4-6-13(2)21(12)19(22)18-10-9-17(24-18)15-8-7-14(23-3)11-16(15)20/h7-13H,4-6,20H2,1-3H3/t12-,13-/m0/s1. The van der Waals surface area contributed by atoms with E-state index in [-0.39, 0.29) is 18.0 Å². The molecule has 24 heavy (non-hydrogen) atoms. The maximum atomic E-state index is 12.8. The Morgan fingerprint density at radius 3 is 2.54 bits per heavy atom. The summed E-state index contributed by atoms with van der Waals surface area (Å²) in [6.07, 6.45) is 3.24. The Hall–Kier alpha value is -2.43. The molecule has 0 spiro atoms. The normalized spacial score (nSPS) is 20.9. The van der Waals surface area contributed by atoms with Crippen LogP contribution in [0.1, 0.15) is 43.7 Å². The summed E-state index contributed by atoms with van der Waals surface area (Å²) < 4.78 is 11.0. The Labute approximate surface area is 142 Å². The highest BCUT2D eigenvalue weighted by molar-refractivity contribution is 5.93. The molecule has 2 heterocycles. The third-order valence-electron chi connectivity index (χ3n) is 4.77. The van der Waals surface area contributed by atoms with Crippen LogP contribution in [0.4, 0.5) is 5.69 Å². The molecule has 0 unspecified atom stereocenters. The summed E-state index contributed by atoms with van der Waals surface area (Å²) in [5, 5.41) is 0. The Morgan fingerprint density at radius 1 is 1.21 bits per heavy atom. The number of carbonyl (C=O) groups excluding carboxylic acids is 1. The van der Waals surface area contributed by atoms with Gasteiger partial charge in [0.05, 0.1) is 7.11 Å². The van der Waals surface area contributed by atoms with E-state index in [1.807, 2.05) is 17.0 Å². The van der Waals surface area contributed by atoms with E-state index in [9.17, 15) is 4.79 Å². The Morgan fingerprint density at radius 2 is 1.92 bits per heavy atom. The number of nitrogen functional groups attached to an aromatic ring is 1. The third-order valence-corrected chi connectivity index (χ3v) is 4.77. The van der Waals surface area contributed by atoms with Gasteiger partial charge in [-0.2, -0.15) is 0 Å². The Kier molecular flexibility index (Phi) is 4.51. The second kappa shape index (κ2) is 6.59. The first kappa shape index (κ1) is 16.4. The lowest BCUT2D eigenvalue weighted by Crippen LogP contribution is -2.47. The summed E-state index contributed by atoms with van der Waals surface area (Å²) in [4.78, 5) is 14.8. The lowest BCUT2D eigenvalue weighted by Gasteiger charge is -2.38. The maximum Gasteiger partial charge on any atom is 0.290 e. The van der Waals surface area contributed by atoms with Gasteiger partial charge < -0.3 is 19.8 Å². The molecular weight excluding hydrogens is 304 g/mol. The second-order valence-corrected chi connectivity index (χ2v) is 6.46. The molecule has 5 nitrogen and oxygen atoms in total. The van der Waals surface area contributed by atoms with Gasteiger partial charge in [0.15, 0.2) is 5.76 Å². The molecule has 128 valence electrons. The van der Waals surface area contributed by atoms with Crippen molar-refractivity contribution in [3.05, 3.63) is 36.1 Å². The average Bonchev–Trinajstić information content (AvgIpc) is 3.04. The number of nitrogens with zero attached hydrogens (tertiary/aromatic N) is 1. The highest BCUT2D eigenvalue weighted by atomic mass is 16.5. The molecule has 0 aliphatic carbocycles. The molecule has 1 fully saturated rings. The van der Waals surface area contributed by atoms with Crippen LogP contribution in [0.5, 0.6) is 5.75 Å². The van der Waals surface area contributed by atoms with Gasteiger partial charge in [0.1, 0.15) is 11.5 Å². The predicted octanol–water partition coefficient (Wildman–Crippen LogP) is 3.94. The lowest BCUT2D eigenvalue weighted by atomic mass is 9.97. The van der Waals surface area contributed by atoms with Crippen LogP contribution in [0.2, 0.25) is 0 Å². The Bertz CT molecular complexity index is 728. The minimum absolute atomic E-state index is 0.0481. The first-order valence-electron chi connectivity index (χ1n) is 8.37. The molecule has 2 aromatic rings. The maximum absolute atomic E-state index is 12.8. The number of anilines is 1. The molecule has 1 aromatic heterocycles. The predicted molar refractivity (Wildman–Crippen MR) is 94.1 cm³/mol. The third kappa shape index (κ3) is 2.98. The van der Waals surface area contributed by atoms with Crippen molar-refractivity contribution >= 4 is 11.6 Å². The largest absolute Gasteiger partial charge is 0.497 e. The lowest BCUT2D eigenvalue weighted by molar-refractivity contribution is 0.0479. The first-order chi connectivity index (χ1) is 11.5. The molecule has 2 atom stereocenters. The van der Waals surface area contributed by atoms with Crippen LogP contribution in [0.3, 0.4) is 0 Å². The van der Waals surface area contributed by atoms with Crippen LogP contribution >= 0.6 is 0 Å². The number of methoxy groups -OCH3 is 1. The zero-order valence-electron chi connectivity index (χ0n) is 14.4. The fraction of sp³-hybridized carbons (Fsp3) is 0.421. The van der Waals surface area contributed by atoms with Crippen molar-refractivity contribution in [1.82, 2.24) is 4.90 Å². The number of piperidine rings is 1. The summed E-state index contributed by atoms with van der Waals surface area (Å²) in [6.45, 7) is 4.19. The fourth-order valence-electron chi connectivity index (χ4n) is 3.44. The van der Waals surface area contributed by atoms with Crippen LogP contribution in [-0.4, -0.2) is 30.0 Å². The Balaban J connectivity index is 1.86. The van der Waals surface area contributed by atoms with E-state index in [0.29, 0.717) is 23.0 Å². The summed E-state index contributed by atoms with van der Waals surface area (Å²) in [6, 6.07) is 9.41. The van der Waals surface area contributed by atoms with Gasteiger partial charge in [-0.1, -0.05) is 0 Å². The molecule has 2 N–H and O–H groups in total. The van der Waals surface area contributed by atoms with E-state index in [4.69, 9.17) is 14.9 Å². The second-order valence-electron chi connectivity index (χ2n) is 6.46. The minimum Gasteiger partial charge on any atom is -0.497 e. The van der Waals surface area contributed by atoms with Gasteiger partial charge in [-0.05, 0) is 57.4 Å². The number of benzene rings is 1. The summed E-state index contributed by atoms with van der Waals surface area (Å²) >= 11 is 0. The number of ether oxygens (including phenoxy) is 1. The molecule has 1 amide bonds. The molecule has 1 aliphatic rings. The summed E-state index contributed by atoms with van der Waals surface area (Å²) in [7, 11) is 1.60. The van der Waals surface area contributed by atoms with Gasteiger partial charge in [0.2, 0.25) is 0 Å². The number of carbonyl (C=O) groups is 1. The summed E-state index contributed by atoms with van der Waals surface area (Å²) in [5.74, 6) is 1.60. The first-order valence-corrected chi connectivity index (χ1v) is 8.37. The molecule has 3 rings (SSSR count). The van der Waals surface area contributed by atoms with Crippen LogP contribution < -0.4 is 10.5 Å². The highest BCUT2D eigenvalue weighted by Crippen LogP contribution is 2.32. The number of hydrogen-bond donors (Lipinski definition) is 1. The van der Waals surface area contributed by atoms with Crippen molar-refractivity contribution < 1.29 is 13.9 Å².